The lowest BCUT2D eigenvalue weighted by molar-refractivity contribution is -0.0384. The third-order valence-corrected chi connectivity index (χ3v) is 8.42. The summed E-state index contributed by atoms with van der Waals surface area (Å²) in [6.45, 7) is 4.62. The minimum atomic E-state index is -0.866. The van der Waals surface area contributed by atoms with Crippen LogP contribution in [0.15, 0.2) is 90.3 Å². The Labute approximate surface area is 276 Å². The highest BCUT2D eigenvalue weighted by Crippen LogP contribution is 2.41. The molecule has 1 aromatic heterocycles. The molecule has 0 amide bonds. The van der Waals surface area contributed by atoms with Gasteiger partial charge in [0.05, 0.1) is 73.7 Å². The number of rotatable bonds is 23. The minimum Gasteiger partial charge on any atom is -0.497 e. The molecule has 0 atom stereocenters. The molecule has 0 aliphatic heterocycles. The van der Waals surface area contributed by atoms with E-state index < -0.39 is 5.60 Å². The second kappa shape index (κ2) is 20.1. The van der Waals surface area contributed by atoms with Gasteiger partial charge in [-0.3, -0.25) is 0 Å². The molecule has 0 saturated heterocycles. The molecule has 1 heterocycles. The summed E-state index contributed by atoms with van der Waals surface area (Å²) >= 11 is 1.59. The van der Waals surface area contributed by atoms with Gasteiger partial charge in [0.1, 0.15) is 17.1 Å². The van der Waals surface area contributed by atoms with Gasteiger partial charge >= 0.3 is 0 Å². The Morgan fingerprint density at radius 3 is 1.54 bits per heavy atom. The monoisotopic (exact) mass is 650 g/mol. The average molecular weight is 651 g/mol. The molecule has 9 heteroatoms. The molecule has 0 aliphatic carbocycles. The van der Waals surface area contributed by atoms with E-state index in [1.54, 1.807) is 25.6 Å². The Kier molecular flexibility index (Phi) is 15.5. The van der Waals surface area contributed by atoms with Crippen molar-refractivity contribution in [3.8, 4) is 11.5 Å². The lowest BCUT2D eigenvalue weighted by Gasteiger charge is -2.36. The van der Waals surface area contributed by atoms with Crippen LogP contribution in [-0.4, -0.2) is 78.8 Å². The summed E-state index contributed by atoms with van der Waals surface area (Å²) in [7, 11) is 3.32. The van der Waals surface area contributed by atoms with E-state index in [-0.39, 0.29) is 6.61 Å². The number of aliphatic hydroxyl groups excluding tert-OH is 1. The Balaban J connectivity index is 1.16. The van der Waals surface area contributed by atoms with Crippen molar-refractivity contribution in [3.63, 3.8) is 0 Å². The quantitative estimate of drug-likeness (QED) is 0.0744. The number of aryl methyl sites for hydroxylation is 1. The second-order valence-corrected chi connectivity index (χ2v) is 11.5. The molecule has 0 saturated carbocycles. The van der Waals surface area contributed by atoms with E-state index in [1.165, 1.54) is 5.56 Å². The van der Waals surface area contributed by atoms with Crippen molar-refractivity contribution >= 4 is 11.3 Å². The van der Waals surface area contributed by atoms with Crippen LogP contribution < -0.4 is 9.47 Å². The summed E-state index contributed by atoms with van der Waals surface area (Å²) in [5.74, 6) is 1.56. The first-order chi connectivity index (χ1) is 22.7. The highest BCUT2D eigenvalue weighted by Gasteiger charge is 2.37. The molecule has 0 radical (unpaired) electrons. The molecule has 3 aromatic carbocycles. The molecule has 0 bridgehead atoms. The molecule has 4 aromatic rings. The third kappa shape index (κ3) is 10.6. The molecule has 1 N–H and O–H groups in total. The van der Waals surface area contributed by atoms with Gasteiger partial charge in [-0.1, -0.05) is 54.6 Å². The smallest absolute Gasteiger partial charge is 0.143 e. The van der Waals surface area contributed by atoms with Gasteiger partial charge < -0.3 is 38.3 Å². The van der Waals surface area contributed by atoms with Crippen LogP contribution in [-0.2, 0) is 42.3 Å². The largest absolute Gasteiger partial charge is 0.497 e. The fraction of sp³-hybridized carbons (Fsp3) is 0.405. The number of thiophene rings is 1. The molecule has 4 rings (SSSR count). The Hall–Kier alpha value is -3.28. The van der Waals surface area contributed by atoms with Gasteiger partial charge in [0.25, 0.3) is 0 Å². The SMILES string of the molecule is COc1ccc(C(OCCOCCOCCOCCOCCCc2csc(CO)c2)(c2ccccc2)c2ccc(OC)cc2)cc1. The van der Waals surface area contributed by atoms with E-state index in [9.17, 15) is 0 Å². The molecule has 8 nitrogen and oxygen atoms in total. The molecule has 46 heavy (non-hydrogen) atoms. The number of ether oxygens (including phenoxy) is 7. The maximum absolute atomic E-state index is 9.15. The predicted octanol–water partition coefficient (Wildman–Crippen LogP) is 6.27. The first kappa shape index (κ1) is 35.6. The molecule has 0 unspecified atom stereocenters. The first-order valence-corrected chi connectivity index (χ1v) is 16.5. The van der Waals surface area contributed by atoms with Crippen LogP contribution in [0, 0.1) is 0 Å². The second-order valence-electron chi connectivity index (χ2n) is 10.5. The van der Waals surface area contributed by atoms with Crippen molar-refractivity contribution < 1.29 is 38.3 Å². The average Bonchev–Trinajstić information content (AvgIpc) is 3.58. The number of hydrogen-bond donors (Lipinski definition) is 1. The maximum Gasteiger partial charge on any atom is 0.143 e. The topological polar surface area (TPSA) is 84.8 Å². The van der Waals surface area contributed by atoms with E-state index in [0.29, 0.717) is 59.5 Å². The lowest BCUT2D eigenvalue weighted by Crippen LogP contribution is -2.34. The highest BCUT2D eigenvalue weighted by molar-refractivity contribution is 7.10. The van der Waals surface area contributed by atoms with Crippen LogP contribution in [0.3, 0.4) is 0 Å². The van der Waals surface area contributed by atoms with Gasteiger partial charge in [-0.25, -0.2) is 0 Å². The van der Waals surface area contributed by atoms with Crippen LogP contribution in [0.5, 0.6) is 11.5 Å². The van der Waals surface area contributed by atoms with Crippen molar-refractivity contribution in [2.24, 2.45) is 0 Å². The van der Waals surface area contributed by atoms with E-state index in [4.69, 9.17) is 38.3 Å². The number of aliphatic hydroxyl groups is 1. The van der Waals surface area contributed by atoms with E-state index in [1.807, 2.05) is 66.7 Å². The van der Waals surface area contributed by atoms with Crippen molar-refractivity contribution in [3.05, 3.63) is 117 Å². The van der Waals surface area contributed by atoms with Crippen molar-refractivity contribution in [2.75, 3.05) is 73.7 Å². The summed E-state index contributed by atoms with van der Waals surface area (Å²) in [4.78, 5) is 1.00. The van der Waals surface area contributed by atoms with Crippen molar-refractivity contribution in [1.82, 2.24) is 0 Å². The summed E-state index contributed by atoms with van der Waals surface area (Å²) in [6, 6.07) is 28.2. The van der Waals surface area contributed by atoms with Gasteiger partial charge in [0.2, 0.25) is 0 Å². The maximum atomic E-state index is 9.15. The van der Waals surface area contributed by atoms with E-state index >= 15 is 0 Å². The number of methoxy groups -OCH3 is 2. The summed E-state index contributed by atoms with van der Waals surface area (Å²) < 4.78 is 40.4. The van der Waals surface area contributed by atoms with Crippen LogP contribution >= 0.6 is 11.3 Å². The molecule has 0 aliphatic rings. The minimum absolute atomic E-state index is 0.109. The molecule has 0 spiro atoms. The van der Waals surface area contributed by atoms with Crippen LogP contribution in [0.1, 0.15) is 33.6 Å². The molecular weight excluding hydrogens is 604 g/mol. The van der Waals surface area contributed by atoms with Gasteiger partial charge in [-0.15, -0.1) is 11.3 Å². The zero-order valence-electron chi connectivity index (χ0n) is 26.9. The zero-order valence-corrected chi connectivity index (χ0v) is 27.7. The van der Waals surface area contributed by atoms with Gasteiger partial charge in [0.15, 0.2) is 0 Å². The Bertz CT molecular complexity index is 1310. The fourth-order valence-electron chi connectivity index (χ4n) is 5.11. The van der Waals surface area contributed by atoms with Crippen LogP contribution in [0.25, 0.3) is 0 Å². The van der Waals surface area contributed by atoms with Crippen molar-refractivity contribution in [2.45, 2.75) is 25.0 Å². The standard InChI is InChI=1S/C37H46O8S/c1-39-34-14-10-32(11-15-34)37(31-8-4-3-5-9-31,33-12-16-35(40-2)17-13-33)45-26-25-44-24-23-43-22-21-42-20-19-41-18-6-7-30-27-36(28-38)46-29-30/h3-5,8-17,27,29,38H,6-7,18-26,28H2,1-2H3. The highest BCUT2D eigenvalue weighted by atomic mass is 32.1. The zero-order chi connectivity index (χ0) is 32.3. The summed E-state index contributed by atoms with van der Waals surface area (Å²) in [5, 5.41) is 11.2. The Morgan fingerprint density at radius 1 is 0.587 bits per heavy atom. The van der Waals surface area contributed by atoms with Crippen LogP contribution in [0.2, 0.25) is 0 Å². The van der Waals surface area contributed by atoms with Gasteiger partial charge in [-0.2, -0.15) is 0 Å². The molecule has 0 fully saturated rings. The Morgan fingerprint density at radius 2 is 1.07 bits per heavy atom. The number of hydrogen-bond acceptors (Lipinski definition) is 9. The van der Waals surface area contributed by atoms with Crippen molar-refractivity contribution in [1.29, 1.82) is 0 Å². The van der Waals surface area contributed by atoms with Crippen LogP contribution in [0.4, 0.5) is 0 Å². The predicted molar refractivity (Wildman–Crippen MR) is 180 cm³/mol. The van der Waals surface area contributed by atoms with E-state index in [2.05, 4.69) is 23.6 Å². The summed E-state index contributed by atoms with van der Waals surface area (Å²) in [6.07, 6.45) is 1.91. The summed E-state index contributed by atoms with van der Waals surface area (Å²) in [5.41, 5.74) is 3.36. The van der Waals surface area contributed by atoms with E-state index in [0.717, 1.165) is 45.9 Å². The normalized spacial score (nSPS) is 11.5. The first-order valence-electron chi connectivity index (χ1n) is 15.7. The van der Waals surface area contributed by atoms with Gasteiger partial charge in [0, 0.05) is 11.5 Å². The number of benzene rings is 3. The third-order valence-electron chi connectivity index (χ3n) is 7.45. The molecular formula is C37H46O8S. The fourth-order valence-corrected chi connectivity index (χ4v) is 5.89. The molecule has 248 valence electrons. The lowest BCUT2D eigenvalue weighted by atomic mass is 9.80. The van der Waals surface area contributed by atoms with Gasteiger partial charge in [-0.05, 0) is 70.8 Å².